The summed E-state index contributed by atoms with van der Waals surface area (Å²) in [5, 5.41) is 5.32. The van der Waals surface area contributed by atoms with E-state index in [1.165, 1.54) is 18.2 Å². The van der Waals surface area contributed by atoms with E-state index in [-0.39, 0.29) is 30.1 Å². The topological polar surface area (TPSA) is 61.4 Å². The Morgan fingerprint density at radius 2 is 1.81 bits per heavy atom. The first-order valence-electron chi connectivity index (χ1n) is 8.65. The van der Waals surface area contributed by atoms with Crippen LogP contribution >= 0.6 is 0 Å². The van der Waals surface area contributed by atoms with Gasteiger partial charge in [-0.2, -0.15) is 13.2 Å². The minimum absolute atomic E-state index is 0.00458. The molecule has 1 fully saturated rings. The third-order valence-corrected chi connectivity index (χ3v) is 4.33. The SMILES string of the molecule is CC(C)C(=O)NC1CCN(CC(=O)Nc2ccccc2C(F)(F)F)CC1. The van der Waals surface area contributed by atoms with Crippen LogP contribution in [0, 0.1) is 5.92 Å². The number of hydrogen-bond donors (Lipinski definition) is 2. The molecule has 0 atom stereocenters. The van der Waals surface area contributed by atoms with Crippen molar-refractivity contribution < 1.29 is 22.8 Å². The summed E-state index contributed by atoms with van der Waals surface area (Å²) < 4.78 is 38.9. The van der Waals surface area contributed by atoms with E-state index in [4.69, 9.17) is 0 Å². The van der Waals surface area contributed by atoms with Gasteiger partial charge in [0.2, 0.25) is 11.8 Å². The van der Waals surface area contributed by atoms with Crippen LogP contribution < -0.4 is 10.6 Å². The molecule has 1 heterocycles. The van der Waals surface area contributed by atoms with Gasteiger partial charge in [0.25, 0.3) is 0 Å². The maximum atomic E-state index is 13.0. The third kappa shape index (κ3) is 5.72. The lowest BCUT2D eigenvalue weighted by atomic mass is 10.0. The lowest BCUT2D eigenvalue weighted by Gasteiger charge is -2.32. The van der Waals surface area contributed by atoms with Gasteiger partial charge in [-0.3, -0.25) is 14.5 Å². The quantitative estimate of drug-likeness (QED) is 0.837. The Balaban J connectivity index is 1.84. The molecule has 26 heavy (non-hydrogen) atoms. The molecule has 2 N–H and O–H groups in total. The number of hydrogen-bond acceptors (Lipinski definition) is 3. The first-order chi connectivity index (χ1) is 12.2. The molecule has 0 spiro atoms. The molecule has 1 saturated heterocycles. The van der Waals surface area contributed by atoms with Gasteiger partial charge in [-0.15, -0.1) is 0 Å². The van der Waals surface area contributed by atoms with Crippen molar-refractivity contribution in [3.8, 4) is 0 Å². The molecule has 2 amide bonds. The third-order valence-electron chi connectivity index (χ3n) is 4.33. The van der Waals surface area contributed by atoms with Crippen molar-refractivity contribution in [1.29, 1.82) is 0 Å². The second kappa shape index (κ2) is 8.53. The summed E-state index contributed by atoms with van der Waals surface area (Å²) in [5.41, 5.74) is -1.09. The van der Waals surface area contributed by atoms with Crippen LogP contribution in [-0.4, -0.2) is 42.4 Å². The molecular formula is C18H24F3N3O2. The Kier molecular flexibility index (Phi) is 6.63. The fraction of sp³-hybridized carbons (Fsp3) is 0.556. The number of likely N-dealkylation sites (tertiary alicyclic amines) is 1. The first kappa shape index (κ1) is 20.2. The highest BCUT2D eigenvalue weighted by Gasteiger charge is 2.33. The van der Waals surface area contributed by atoms with Crippen molar-refractivity contribution in [3.63, 3.8) is 0 Å². The van der Waals surface area contributed by atoms with Crippen LogP contribution in [0.4, 0.5) is 18.9 Å². The predicted molar refractivity (Wildman–Crippen MR) is 92.5 cm³/mol. The fourth-order valence-corrected chi connectivity index (χ4v) is 2.84. The fourth-order valence-electron chi connectivity index (χ4n) is 2.84. The van der Waals surface area contributed by atoms with Gasteiger partial charge in [-0.05, 0) is 25.0 Å². The molecular weight excluding hydrogens is 347 g/mol. The van der Waals surface area contributed by atoms with Gasteiger partial charge in [0, 0.05) is 25.0 Å². The smallest absolute Gasteiger partial charge is 0.353 e. The van der Waals surface area contributed by atoms with E-state index in [1.54, 1.807) is 0 Å². The molecule has 0 unspecified atom stereocenters. The molecule has 1 aliphatic heterocycles. The summed E-state index contributed by atoms with van der Waals surface area (Å²) in [7, 11) is 0. The van der Waals surface area contributed by atoms with Crippen molar-refractivity contribution in [2.75, 3.05) is 25.0 Å². The summed E-state index contributed by atoms with van der Waals surface area (Å²) in [4.78, 5) is 25.7. The Morgan fingerprint density at radius 3 is 2.38 bits per heavy atom. The van der Waals surface area contributed by atoms with Crippen molar-refractivity contribution in [2.24, 2.45) is 5.92 Å². The van der Waals surface area contributed by atoms with Gasteiger partial charge in [0.15, 0.2) is 0 Å². The number of halogens is 3. The number of carbonyl (C=O) groups is 2. The molecule has 8 heteroatoms. The second-order valence-electron chi connectivity index (χ2n) is 6.81. The van der Waals surface area contributed by atoms with Crippen LogP contribution in [0.5, 0.6) is 0 Å². The number of piperidine rings is 1. The number of nitrogens with one attached hydrogen (secondary N) is 2. The van der Waals surface area contributed by atoms with Gasteiger partial charge in [-0.25, -0.2) is 0 Å². The zero-order chi connectivity index (χ0) is 19.3. The number of benzene rings is 1. The molecule has 2 rings (SSSR count). The van der Waals surface area contributed by atoms with Crippen LogP contribution in [0.25, 0.3) is 0 Å². The largest absolute Gasteiger partial charge is 0.418 e. The van der Waals surface area contributed by atoms with Crippen molar-refractivity contribution in [2.45, 2.75) is 38.9 Å². The summed E-state index contributed by atoms with van der Waals surface area (Å²) in [6.45, 7) is 4.90. The lowest BCUT2D eigenvalue weighted by Crippen LogP contribution is -2.47. The molecule has 0 aromatic heterocycles. The zero-order valence-corrected chi connectivity index (χ0v) is 14.9. The summed E-state index contributed by atoms with van der Waals surface area (Å²) in [6.07, 6.45) is -3.09. The average molecular weight is 371 g/mol. The number of alkyl halides is 3. The van der Waals surface area contributed by atoms with E-state index in [0.29, 0.717) is 25.9 Å². The molecule has 0 bridgehead atoms. The highest BCUT2D eigenvalue weighted by molar-refractivity contribution is 5.93. The van der Waals surface area contributed by atoms with E-state index < -0.39 is 17.6 Å². The number of rotatable bonds is 5. The molecule has 1 aliphatic rings. The Bertz CT molecular complexity index is 639. The van der Waals surface area contributed by atoms with Crippen molar-refractivity contribution in [1.82, 2.24) is 10.2 Å². The summed E-state index contributed by atoms with van der Waals surface area (Å²) >= 11 is 0. The maximum Gasteiger partial charge on any atom is 0.418 e. The molecule has 0 aliphatic carbocycles. The molecule has 0 saturated carbocycles. The van der Waals surface area contributed by atoms with Crippen molar-refractivity contribution >= 4 is 17.5 Å². The predicted octanol–water partition coefficient (Wildman–Crippen LogP) is 2.88. The Labute approximate surface area is 150 Å². The minimum atomic E-state index is -4.52. The van der Waals surface area contributed by atoms with E-state index in [0.717, 1.165) is 6.07 Å². The zero-order valence-electron chi connectivity index (χ0n) is 14.9. The second-order valence-corrected chi connectivity index (χ2v) is 6.81. The molecule has 5 nitrogen and oxygen atoms in total. The van der Waals surface area contributed by atoms with Gasteiger partial charge < -0.3 is 10.6 Å². The molecule has 0 radical (unpaired) electrons. The van der Waals surface area contributed by atoms with Gasteiger partial charge in [0.1, 0.15) is 0 Å². The van der Waals surface area contributed by atoms with Crippen LogP contribution in [0.2, 0.25) is 0 Å². The summed E-state index contributed by atoms with van der Waals surface area (Å²) in [5.74, 6) is -0.552. The van der Waals surface area contributed by atoms with Crippen LogP contribution in [0.15, 0.2) is 24.3 Å². The normalized spacial score (nSPS) is 16.5. The number of para-hydroxylation sites is 1. The van der Waals surface area contributed by atoms with Crippen molar-refractivity contribution in [3.05, 3.63) is 29.8 Å². The van der Waals surface area contributed by atoms with Crippen LogP contribution in [0.3, 0.4) is 0 Å². The highest BCUT2D eigenvalue weighted by Crippen LogP contribution is 2.34. The van der Waals surface area contributed by atoms with Crippen LogP contribution in [-0.2, 0) is 15.8 Å². The number of anilines is 1. The average Bonchev–Trinajstić information content (AvgIpc) is 2.56. The first-order valence-corrected chi connectivity index (χ1v) is 8.65. The minimum Gasteiger partial charge on any atom is -0.353 e. The van der Waals surface area contributed by atoms with E-state index in [1.807, 2.05) is 18.7 Å². The van der Waals surface area contributed by atoms with E-state index >= 15 is 0 Å². The Hall–Kier alpha value is -2.09. The standard InChI is InChI=1S/C18H24F3N3O2/c1-12(2)17(26)22-13-7-9-24(10-8-13)11-16(25)23-15-6-4-3-5-14(15)18(19,20)21/h3-6,12-13H,7-11H2,1-2H3,(H,22,26)(H,23,25). The van der Waals surface area contributed by atoms with E-state index in [2.05, 4.69) is 10.6 Å². The number of nitrogens with zero attached hydrogens (tertiary/aromatic N) is 1. The maximum absolute atomic E-state index is 13.0. The van der Waals surface area contributed by atoms with Gasteiger partial charge in [0.05, 0.1) is 17.8 Å². The highest BCUT2D eigenvalue weighted by atomic mass is 19.4. The molecule has 1 aromatic rings. The monoisotopic (exact) mass is 371 g/mol. The summed E-state index contributed by atoms with van der Waals surface area (Å²) in [6, 6.07) is 5.00. The molecule has 144 valence electrons. The number of carbonyl (C=O) groups excluding carboxylic acids is 2. The Morgan fingerprint density at radius 1 is 1.19 bits per heavy atom. The van der Waals surface area contributed by atoms with Gasteiger partial charge in [-0.1, -0.05) is 26.0 Å². The number of amides is 2. The van der Waals surface area contributed by atoms with E-state index in [9.17, 15) is 22.8 Å². The lowest BCUT2D eigenvalue weighted by molar-refractivity contribution is -0.137. The molecule has 1 aromatic carbocycles. The van der Waals surface area contributed by atoms with Gasteiger partial charge >= 0.3 is 6.18 Å². The van der Waals surface area contributed by atoms with Crippen LogP contribution in [0.1, 0.15) is 32.3 Å².